The van der Waals surface area contributed by atoms with E-state index in [-0.39, 0.29) is 17.8 Å². The Kier molecular flexibility index (Phi) is 6.75. The number of thiazole rings is 1. The molecule has 1 aliphatic heterocycles. The third kappa shape index (κ3) is 5.36. The van der Waals surface area contributed by atoms with Gasteiger partial charge in [0.2, 0.25) is 0 Å². The van der Waals surface area contributed by atoms with E-state index in [4.69, 9.17) is 0 Å². The molecule has 0 spiro atoms. The van der Waals surface area contributed by atoms with Gasteiger partial charge in [0.25, 0.3) is 5.91 Å². The standard InChI is InChI=1S/C24H27FN4OS/c1-17-22(31-24(26-17)19-8-10-20(25)11-9-19)23(30)27-21(18-6-4-3-5-7-18)16-29-14-12-28(2)13-15-29/h3-11,21H,12-16H2,1-2H3,(H,27,30). The summed E-state index contributed by atoms with van der Waals surface area (Å²) in [6.07, 6.45) is 0. The van der Waals surface area contributed by atoms with Gasteiger partial charge >= 0.3 is 0 Å². The number of amides is 1. The van der Waals surface area contributed by atoms with Crippen molar-refractivity contribution < 1.29 is 9.18 Å². The van der Waals surface area contributed by atoms with Crippen LogP contribution in [0.4, 0.5) is 4.39 Å². The molecule has 2 heterocycles. The van der Waals surface area contributed by atoms with Crippen LogP contribution in [0, 0.1) is 12.7 Å². The fourth-order valence-electron chi connectivity index (χ4n) is 3.76. The van der Waals surface area contributed by atoms with E-state index in [0.29, 0.717) is 10.6 Å². The number of nitrogens with zero attached hydrogens (tertiary/aromatic N) is 3. The summed E-state index contributed by atoms with van der Waals surface area (Å²) in [5.74, 6) is -0.407. The lowest BCUT2D eigenvalue weighted by Gasteiger charge is -2.35. The van der Waals surface area contributed by atoms with Crippen LogP contribution in [0.15, 0.2) is 54.6 Å². The highest BCUT2D eigenvalue weighted by atomic mass is 32.1. The second-order valence-electron chi connectivity index (χ2n) is 7.98. The average molecular weight is 439 g/mol. The Bertz CT molecular complexity index is 1010. The topological polar surface area (TPSA) is 48.5 Å². The predicted molar refractivity (Wildman–Crippen MR) is 123 cm³/mol. The maximum atomic E-state index is 13.2. The zero-order chi connectivity index (χ0) is 21.8. The summed E-state index contributed by atoms with van der Waals surface area (Å²) in [7, 11) is 2.14. The normalized spacial score (nSPS) is 16.2. The highest BCUT2D eigenvalue weighted by molar-refractivity contribution is 7.17. The number of halogens is 1. The zero-order valence-electron chi connectivity index (χ0n) is 17.8. The number of benzene rings is 2. The molecule has 1 unspecified atom stereocenters. The molecule has 4 rings (SSSR count). The number of nitrogens with one attached hydrogen (secondary N) is 1. The minimum absolute atomic E-state index is 0.104. The van der Waals surface area contributed by atoms with Gasteiger partial charge in [-0.15, -0.1) is 11.3 Å². The summed E-state index contributed by atoms with van der Waals surface area (Å²) < 4.78 is 13.2. The Hall–Kier alpha value is -2.61. The number of carbonyl (C=O) groups is 1. The molecule has 7 heteroatoms. The molecule has 31 heavy (non-hydrogen) atoms. The summed E-state index contributed by atoms with van der Waals surface area (Å²) in [6.45, 7) is 6.66. The number of likely N-dealkylation sites (N-methyl/N-ethyl adjacent to an activating group) is 1. The summed E-state index contributed by atoms with van der Waals surface area (Å²) >= 11 is 1.34. The van der Waals surface area contributed by atoms with Gasteiger partial charge < -0.3 is 10.2 Å². The first kappa shape index (κ1) is 21.6. The van der Waals surface area contributed by atoms with Gasteiger partial charge in [-0.25, -0.2) is 9.37 Å². The van der Waals surface area contributed by atoms with E-state index in [1.807, 2.05) is 25.1 Å². The van der Waals surface area contributed by atoms with Crippen LogP contribution in [0.1, 0.15) is 27.0 Å². The molecule has 0 bridgehead atoms. The lowest BCUT2D eigenvalue weighted by Crippen LogP contribution is -2.47. The van der Waals surface area contributed by atoms with Crippen molar-refractivity contribution in [2.75, 3.05) is 39.8 Å². The van der Waals surface area contributed by atoms with Crippen molar-refractivity contribution in [2.24, 2.45) is 0 Å². The Morgan fingerprint density at radius 3 is 2.45 bits per heavy atom. The molecule has 3 aromatic rings. The SMILES string of the molecule is Cc1nc(-c2ccc(F)cc2)sc1C(=O)NC(CN1CCN(C)CC1)c1ccccc1. The first-order valence-electron chi connectivity index (χ1n) is 10.5. The van der Waals surface area contributed by atoms with Gasteiger partial charge in [-0.1, -0.05) is 30.3 Å². The van der Waals surface area contributed by atoms with Crippen molar-refractivity contribution in [3.63, 3.8) is 0 Å². The average Bonchev–Trinajstić information content (AvgIpc) is 3.17. The molecule has 162 valence electrons. The van der Waals surface area contributed by atoms with Crippen LogP contribution in [0.3, 0.4) is 0 Å². The molecule has 5 nitrogen and oxygen atoms in total. The zero-order valence-corrected chi connectivity index (χ0v) is 18.7. The second kappa shape index (κ2) is 9.68. The van der Waals surface area contributed by atoms with Gasteiger partial charge in [0.1, 0.15) is 15.7 Å². The lowest BCUT2D eigenvalue weighted by molar-refractivity contribution is 0.0910. The maximum absolute atomic E-state index is 13.2. The first-order valence-corrected chi connectivity index (χ1v) is 11.3. The van der Waals surface area contributed by atoms with Crippen molar-refractivity contribution in [2.45, 2.75) is 13.0 Å². The van der Waals surface area contributed by atoms with E-state index < -0.39 is 0 Å². The van der Waals surface area contributed by atoms with E-state index in [1.165, 1.54) is 23.5 Å². The third-order valence-electron chi connectivity index (χ3n) is 5.64. The predicted octanol–water partition coefficient (Wildman–Crippen LogP) is 3.98. The fraction of sp³-hybridized carbons (Fsp3) is 0.333. The monoisotopic (exact) mass is 438 g/mol. The van der Waals surface area contributed by atoms with Gasteiger partial charge in [0.15, 0.2) is 0 Å². The minimum atomic E-state index is -0.287. The lowest BCUT2D eigenvalue weighted by atomic mass is 10.1. The molecule has 1 aromatic heterocycles. The summed E-state index contributed by atoms with van der Waals surface area (Å²) in [5.41, 5.74) is 2.59. The molecule has 0 saturated carbocycles. The van der Waals surface area contributed by atoms with Gasteiger partial charge in [-0.05, 0) is 43.8 Å². The molecular weight excluding hydrogens is 411 g/mol. The van der Waals surface area contributed by atoms with Crippen LogP contribution in [0.5, 0.6) is 0 Å². The van der Waals surface area contributed by atoms with Crippen molar-refractivity contribution in [3.05, 3.63) is 76.5 Å². The molecule has 1 aliphatic rings. The van der Waals surface area contributed by atoms with E-state index in [1.54, 1.807) is 12.1 Å². The molecule has 0 radical (unpaired) electrons. The number of piperazine rings is 1. The Labute approximate surface area is 186 Å². The Balaban J connectivity index is 1.52. The van der Waals surface area contributed by atoms with Gasteiger partial charge in [0.05, 0.1) is 11.7 Å². The van der Waals surface area contributed by atoms with Crippen molar-refractivity contribution in [3.8, 4) is 10.6 Å². The van der Waals surface area contributed by atoms with Gasteiger partial charge in [-0.3, -0.25) is 9.69 Å². The second-order valence-corrected chi connectivity index (χ2v) is 8.98. The minimum Gasteiger partial charge on any atom is -0.343 e. The maximum Gasteiger partial charge on any atom is 0.263 e. The highest BCUT2D eigenvalue weighted by Crippen LogP contribution is 2.28. The largest absolute Gasteiger partial charge is 0.343 e. The molecule has 2 aromatic carbocycles. The van der Waals surface area contributed by atoms with Crippen molar-refractivity contribution in [1.29, 1.82) is 0 Å². The summed E-state index contributed by atoms with van der Waals surface area (Å²) in [6, 6.07) is 16.2. The van der Waals surface area contributed by atoms with Crippen LogP contribution in [0.25, 0.3) is 10.6 Å². The van der Waals surface area contributed by atoms with Crippen LogP contribution in [-0.2, 0) is 0 Å². The van der Waals surface area contributed by atoms with Crippen LogP contribution >= 0.6 is 11.3 Å². The number of hydrogen-bond acceptors (Lipinski definition) is 5. The van der Waals surface area contributed by atoms with E-state index >= 15 is 0 Å². The quantitative estimate of drug-likeness (QED) is 0.633. The van der Waals surface area contributed by atoms with E-state index in [2.05, 4.69) is 39.3 Å². The van der Waals surface area contributed by atoms with Crippen LogP contribution in [-0.4, -0.2) is 60.5 Å². The highest BCUT2D eigenvalue weighted by Gasteiger charge is 2.24. The Morgan fingerprint density at radius 2 is 1.77 bits per heavy atom. The fourth-order valence-corrected chi connectivity index (χ4v) is 4.73. The summed E-state index contributed by atoms with van der Waals surface area (Å²) in [5, 5.41) is 3.96. The number of carbonyl (C=O) groups excluding carboxylic acids is 1. The van der Waals surface area contributed by atoms with Crippen molar-refractivity contribution >= 4 is 17.2 Å². The molecule has 1 fully saturated rings. The Morgan fingerprint density at radius 1 is 1.10 bits per heavy atom. The molecule has 1 saturated heterocycles. The van der Waals surface area contributed by atoms with Crippen LogP contribution < -0.4 is 5.32 Å². The van der Waals surface area contributed by atoms with Gasteiger partial charge in [0, 0.05) is 38.3 Å². The molecule has 1 amide bonds. The smallest absolute Gasteiger partial charge is 0.263 e. The molecular formula is C24H27FN4OS. The number of aromatic nitrogens is 1. The van der Waals surface area contributed by atoms with E-state index in [0.717, 1.165) is 48.9 Å². The third-order valence-corrected chi connectivity index (χ3v) is 6.84. The van der Waals surface area contributed by atoms with Crippen LogP contribution in [0.2, 0.25) is 0 Å². The molecule has 1 atom stereocenters. The molecule has 0 aliphatic carbocycles. The number of rotatable bonds is 6. The van der Waals surface area contributed by atoms with E-state index in [9.17, 15) is 9.18 Å². The summed E-state index contributed by atoms with van der Waals surface area (Å²) in [4.78, 5) is 23.1. The number of hydrogen-bond donors (Lipinski definition) is 1. The van der Waals surface area contributed by atoms with Gasteiger partial charge in [-0.2, -0.15) is 0 Å². The van der Waals surface area contributed by atoms with Crippen molar-refractivity contribution in [1.82, 2.24) is 20.1 Å². The number of aryl methyl sites for hydroxylation is 1. The first-order chi connectivity index (χ1) is 15.0. The molecule has 1 N–H and O–H groups in total.